The maximum Gasteiger partial charge on any atom is 0.261 e. The summed E-state index contributed by atoms with van der Waals surface area (Å²) in [6.07, 6.45) is 7.29. The Kier molecular flexibility index (Phi) is 7.69. The summed E-state index contributed by atoms with van der Waals surface area (Å²) < 4.78 is 0. The fourth-order valence-electron chi connectivity index (χ4n) is 5.64. The Morgan fingerprint density at radius 3 is 2.17 bits per heavy atom. The van der Waals surface area contributed by atoms with Gasteiger partial charge in [-0.25, -0.2) is 4.98 Å². The Morgan fingerprint density at radius 2 is 1.50 bits per heavy atom. The van der Waals surface area contributed by atoms with Gasteiger partial charge in [0.1, 0.15) is 5.82 Å². The number of unbranched alkanes of at least 4 members (excludes halogenated alkanes) is 1. The second kappa shape index (κ2) is 11.5. The molecule has 4 aromatic rings. The number of amides is 2. The summed E-state index contributed by atoms with van der Waals surface area (Å²) in [5, 5.41) is 1.03. The average molecular weight is 575 g/mol. The maximum absolute atomic E-state index is 12.6. The molecule has 0 bridgehead atoms. The van der Waals surface area contributed by atoms with Crippen molar-refractivity contribution in [2.75, 3.05) is 26.2 Å². The van der Waals surface area contributed by atoms with Crippen LogP contribution in [0.3, 0.4) is 0 Å². The number of piperidine rings is 1. The Hall–Kier alpha value is -3.52. The molecule has 0 atom stereocenters. The fourth-order valence-corrected chi connectivity index (χ4v) is 5.94. The lowest BCUT2D eigenvalue weighted by atomic mass is 9.96. The molecular formula is C31H29Cl2N5O2. The van der Waals surface area contributed by atoms with E-state index in [1.807, 2.05) is 30.3 Å². The number of hydrogen-bond acceptors (Lipinski definition) is 5. The number of aromatic nitrogens is 3. The molecule has 1 fully saturated rings. The molecule has 9 heteroatoms. The number of H-pyrrole nitrogens is 1. The van der Waals surface area contributed by atoms with Gasteiger partial charge >= 0.3 is 0 Å². The molecule has 0 saturated carbocycles. The van der Waals surface area contributed by atoms with E-state index in [0.29, 0.717) is 33.6 Å². The zero-order chi connectivity index (χ0) is 27.6. The monoisotopic (exact) mass is 573 g/mol. The molecular weight excluding hydrogens is 545 g/mol. The highest BCUT2D eigenvalue weighted by molar-refractivity contribution is 6.42. The lowest BCUT2D eigenvalue weighted by Crippen LogP contribution is -2.35. The Labute approximate surface area is 243 Å². The molecule has 0 spiro atoms. The number of imidazole rings is 1. The molecule has 2 aliphatic heterocycles. The predicted molar refractivity (Wildman–Crippen MR) is 157 cm³/mol. The van der Waals surface area contributed by atoms with Gasteiger partial charge in [-0.3, -0.25) is 19.5 Å². The SMILES string of the molecule is O=C1c2ccccc2C(=O)N1CCCCN1CCC(c2nc(-c3ccncc3)c(-c3ccc(Cl)c(Cl)c3)[nH]2)CC1. The summed E-state index contributed by atoms with van der Waals surface area (Å²) in [6.45, 7) is 3.37. The number of carbonyl (C=O) groups is 2. The van der Waals surface area contributed by atoms with Gasteiger partial charge in [-0.05, 0) is 81.7 Å². The van der Waals surface area contributed by atoms with Crippen LogP contribution in [0.1, 0.15) is 58.1 Å². The molecule has 4 heterocycles. The van der Waals surface area contributed by atoms with Crippen molar-refractivity contribution in [3.8, 4) is 22.5 Å². The summed E-state index contributed by atoms with van der Waals surface area (Å²) in [4.78, 5) is 41.8. The van der Waals surface area contributed by atoms with Gasteiger partial charge in [-0.15, -0.1) is 0 Å². The van der Waals surface area contributed by atoms with E-state index in [1.54, 1.807) is 36.7 Å². The van der Waals surface area contributed by atoms with Crippen LogP contribution in [0.25, 0.3) is 22.5 Å². The van der Waals surface area contributed by atoms with E-state index in [0.717, 1.165) is 73.7 Å². The standard InChI is InChI=1S/C31H29Cl2N5O2/c32-25-8-7-22(19-26(25)33)28-27(20-9-13-34-14-10-20)35-29(36-28)21-11-17-37(18-12-21)15-3-4-16-38-30(39)23-5-1-2-6-24(23)31(38)40/h1-2,5-10,13-14,19,21H,3-4,11-12,15-18H2,(H,35,36). The van der Waals surface area contributed by atoms with Crippen molar-refractivity contribution in [2.24, 2.45) is 0 Å². The predicted octanol–water partition coefficient (Wildman–Crippen LogP) is 6.70. The number of benzene rings is 2. The van der Waals surface area contributed by atoms with E-state index < -0.39 is 0 Å². The summed E-state index contributed by atoms with van der Waals surface area (Å²) in [6, 6.07) is 16.6. The summed E-state index contributed by atoms with van der Waals surface area (Å²) in [7, 11) is 0. The topological polar surface area (TPSA) is 82.2 Å². The first-order valence-electron chi connectivity index (χ1n) is 13.6. The van der Waals surface area contributed by atoms with Crippen LogP contribution in [0.2, 0.25) is 10.0 Å². The molecule has 1 N–H and O–H groups in total. The quantitative estimate of drug-likeness (QED) is 0.187. The number of hydrogen-bond donors (Lipinski definition) is 1. The van der Waals surface area contributed by atoms with Gasteiger partial charge < -0.3 is 9.88 Å². The molecule has 2 aromatic heterocycles. The smallest absolute Gasteiger partial charge is 0.261 e. The molecule has 2 amide bonds. The first-order chi connectivity index (χ1) is 19.5. The first-order valence-corrected chi connectivity index (χ1v) is 14.4. The number of nitrogens with zero attached hydrogens (tertiary/aromatic N) is 4. The van der Waals surface area contributed by atoms with Gasteiger partial charge in [0.25, 0.3) is 11.8 Å². The molecule has 2 aromatic carbocycles. The van der Waals surface area contributed by atoms with Crippen LogP contribution in [0, 0.1) is 0 Å². The number of nitrogens with one attached hydrogen (secondary N) is 1. The molecule has 0 radical (unpaired) electrons. The number of likely N-dealkylation sites (tertiary alicyclic amines) is 1. The van der Waals surface area contributed by atoms with E-state index in [9.17, 15) is 9.59 Å². The lowest BCUT2D eigenvalue weighted by Gasteiger charge is -2.31. The Morgan fingerprint density at radius 1 is 0.825 bits per heavy atom. The molecule has 0 unspecified atom stereocenters. The fraction of sp³-hybridized carbons (Fsp3) is 0.290. The van der Waals surface area contributed by atoms with Crippen molar-refractivity contribution in [1.82, 2.24) is 24.8 Å². The zero-order valence-electron chi connectivity index (χ0n) is 21.9. The third-order valence-corrected chi connectivity index (χ3v) is 8.58. The second-order valence-electron chi connectivity index (χ2n) is 10.3. The molecule has 6 rings (SSSR count). The molecule has 2 aliphatic rings. The Balaban J connectivity index is 1.06. The van der Waals surface area contributed by atoms with E-state index in [1.165, 1.54) is 4.90 Å². The van der Waals surface area contributed by atoms with E-state index in [-0.39, 0.29) is 11.8 Å². The zero-order valence-corrected chi connectivity index (χ0v) is 23.5. The summed E-state index contributed by atoms with van der Waals surface area (Å²) in [5.41, 5.74) is 4.77. The van der Waals surface area contributed by atoms with Crippen LogP contribution in [0.5, 0.6) is 0 Å². The molecule has 1 saturated heterocycles. The minimum absolute atomic E-state index is 0.175. The van der Waals surface area contributed by atoms with Crippen molar-refractivity contribution < 1.29 is 9.59 Å². The molecule has 40 heavy (non-hydrogen) atoms. The molecule has 0 aliphatic carbocycles. The van der Waals surface area contributed by atoms with Gasteiger partial charge in [0, 0.05) is 36.0 Å². The first kappa shape index (κ1) is 26.7. The maximum atomic E-state index is 12.6. The lowest BCUT2D eigenvalue weighted by molar-refractivity contribution is 0.0649. The summed E-state index contributed by atoms with van der Waals surface area (Å²) in [5.74, 6) is 0.961. The number of fused-ring (bicyclic) bond motifs is 1. The van der Waals surface area contributed by atoms with Crippen molar-refractivity contribution in [1.29, 1.82) is 0 Å². The number of aromatic amines is 1. The third-order valence-electron chi connectivity index (χ3n) is 7.84. The summed E-state index contributed by atoms with van der Waals surface area (Å²) >= 11 is 12.5. The van der Waals surface area contributed by atoms with Gasteiger partial charge in [0.2, 0.25) is 0 Å². The van der Waals surface area contributed by atoms with Crippen LogP contribution in [0.15, 0.2) is 67.0 Å². The van der Waals surface area contributed by atoms with E-state index >= 15 is 0 Å². The van der Waals surface area contributed by atoms with Crippen LogP contribution >= 0.6 is 23.2 Å². The van der Waals surface area contributed by atoms with Gasteiger partial charge in [-0.1, -0.05) is 41.4 Å². The van der Waals surface area contributed by atoms with E-state index in [4.69, 9.17) is 28.2 Å². The minimum atomic E-state index is -0.175. The normalized spacial score (nSPS) is 16.1. The highest BCUT2D eigenvalue weighted by Gasteiger charge is 2.34. The second-order valence-corrected chi connectivity index (χ2v) is 11.2. The highest BCUT2D eigenvalue weighted by Crippen LogP contribution is 2.36. The van der Waals surface area contributed by atoms with Gasteiger partial charge in [0.15, 0.2) is 0 Å². The number of halogens is 2. The molecule has 7 nitrogen and oxygen atoms in total. The highest BCUT2D eigenvalue weighted by atomic mass is 35.5. The average Bonchev–Trinajstić information content (AvgIpc) is 3.53. The van der Waals surface area contributed by atoms with Crippen molar-refractivity contribution in [3.05, 3.63) is 94.0 Å². The third kappa shape index (κ3) is 5.29. The number of imide groups is 1. The van der Waals surface area contributed by atoms with Crippen molar-refractivity contribution >= 4 is 35.0 Å². The van der Waals surface area contributed by atoms with Crippen LogP contribution in [0.4, 0.5) is 0 Å². The van der Waals surface area contributed by atoms with Crippen LogP contribution < -0.4 is 0 Å². The molecule has 204 valence electrons. The number of pyridine rings is 1. The van der Waals surface area contributed by atoms with Gasteiger partial charge in [-0.2, -0.15) is 0 Å². The van der Waals surface area contributed by atoms with Crippen molar-refractivity contribution in [2.45, 2.75) is 31.6 Å². The number of rotatable bonds is 8. The minimum Gasteiger partial charge on any atom is -0.341 e. The van der Waals surface area contributed by atoms with E-state index in [2.05, 4.69) is 14.9 Å². The Bertz CT molecular complexity index is 1510. The largest absolute Gasteiger partial charge is 0.341 e. The van der Waals surface area contributed by atoms with Crippen LogP contribution in [-0.2, 0) is 0 Å². The van der Waals surface area contributed by atoms with Crippen molar-refractivity contribution in [3.63, 3.8) is 0 Å². The van der Waals surface area contributed by atoms with Gasteiger partial charge in [0.05, 0.1) is 32.6 Å². The van der Waals surface area contributed by atoms with Crippen LogP contribution in [-0.4, -0.2) is 62.7 Å². The number of carbonyl (C=O) groups excluding carboxylic acids is 2.